The van der Waals surface area contributed by atoms with Crippen molar-refractivity contribution in [2.45, 2.75) is 45.2 Å². The van der Waals surface area contributed by atoms with Gasteiger partial charge >= 0.3 is 0 Å². The van der Waals surface area contributed by atoms with Gasteiger partial charge < -0.3 is 15.0 Å². The van der Waals surface area contributed by atoms with Crippen molar-refractivity contribution in [3.05, 3.63) is 0 Å². The zero-order valence-corrected chi connectivity index (χ0v) is 13.6. The lowest BCUT2D eigenvalue weighted by molar-refractivity contribution is 0.143. The van der Waals surface area contributed by atoms with Gasteiger partial charge in [0, 0.05) is 37.7 Å². The molecule has 2 fully saturated rings. The van der Waals surface area contributed by atoms with Crippen LogP contribution in [-0.2, 0) is 4.74 Å². The molecule has 2 saturated heterocycles. The molecule has 2 aliphatic heterocycles. The van der Waals surface area contributed by atoms with Gasteiger partial charge in [0.15, 0.2) is 0 Å². The molecule has 0 aromatic rings. The molecule has 0 aliphatic carbocycles. The standard InChI is InChI=1S/C16H33N3O/c1-4-7-17-16(15-6-10-20-13-15)12-19-9-5-8-18(3)11-14(19)2/h14-17H,4-13H2,1-3H3. The van der Waals surface area contributed by atoms with Crippen LogP contribution >= 0.6 is 0 Å². The molecule has 2 aliphatic rings. The van der Waals surface area contributed by atoms with E-state index in [0.29, 0.717) is 18.0 Å². The van der Waals surface area contributed by atoms with Crippen molar-refractivity contribution in [3.63, 3.8) is 0 Å². The molecule has 0 aromatic carbocycles. The fourth-order valence-corrected chi connectivity index (χ4v) is 3.53. The third-order valence-corrected chi connectivity index (χ3v) is 4.81. The summed E-state index contributed by atoms with van der Waals surface area (Å²) in [5, 5.41) is 3.78. The Hall–Kier alpha value is -0.160. The zero-order valence-electron chi connectivity index (χ0n) is 13.6. The molecule has 2 heterocycles. The third kappa shape index (κ3) is 4.69. The lowest BCUT2D eigenvalue weighted by atomic mass is 9.97. The van der Waals surface area contributed by atoms with E-state index in [1.807, 2.05) is 0 Å². The molecule has 0 aromatic heterocycles. The minimum atomic E-state index is 0.600. The number of likely N-dealkylation sites (N-methyl/N-ethyl adjacent to an activating group) is 1. The highest BCUT2D eigenvalue weighted by Gasteiger charge is 2.29. The molecule has 1 N–H and O–H groups in total. The van der Waals surface area contributed by atoms with Gasteiger partial charge in [0.25, 0.3) is 0 Å². The van der Waals surface area contributed by atoms with Crippen LogP contribution in [0.3, 0.4) is 0 Å². The van der Waals surface area contributed by atoms with E-state index in [2.05, 4.69) is 36.0 Å². The van der Waals surface area contributed by atoms with Gasteiger partial charge in [-0.3, -0.25) is 4.90 Å². The van der Waals surface area contributed by atoms with Crippen LogP contribution in [0.2, 0.25) is 0 Å². The maximum absolute atomic E-state index is 5.61. The second-order valence-corrected chi connectivity index (χ2v) is 6.64. The highest BCUT2D eigenvalue weighted by Crippen LogP contribution is 2.19. The number of nitrogens with one attached hydrogen (secondary N) is 1. The van der Waals surface area contributed by atoms with Crippen molar-refractivity contribution >= 4 is 0 Å². The maximum atomic E-state index is 5.61. The molecule has 0 spiro atoms. The lowest BCUT2D eigenvalue weighted by Gasteiger charge is -2.34. The molecular weight excluding hydrogens is 250 g/mol. The molecule has 2 rings (SSSR count). The van der Waals surface area contributed by atoms with Crippen LogP contribution in [0.25, 0.3) is 0 Å². The first kappa shape index (κ1) is 16.2. The molecule has 3 unspecified atom stereocenters. The van der Waals surface area contributed by atoms with E-state index < -0.39 is 0 Å². The molecule has 4 heteroatoms. The predicted molar refractivity (Wildman–Crippen MR) is 84.2 cm³/mol. The number of nitrogens with zero attached hydrogens (tertiary/aromatic N) is 2. The SMILES string of the molecule is CCCNC(CN1CCCN(C)CC1C)C1CCOC1. The fraction of sp³-hybridized carbons (Fsp3) is 1.00. The quantitative estimate of drug-likeness (QED) is 0.798. The first-order valence-corrected chi connectivity index (χ1v) is 8.44. The average molecular weight is 283 g/mol. The molecule has 4 nitrogen and oxygen atoms in total. The summed E-state index contributed by atoms with van der Waals surface area (Å²) in [6.07, 6.45) is 3.73. The molecule has 0 radical (unpaired) electrons. The predicted octanol–water partition coefficient (Wildman–Crippen LogP) is 1.42. The summed E-state index contributed by atoms with van der Waals surface area (Å²) < 4.78 is 5.61. The molecule has 3 atom stereocenters. The van der Waals surface area contributed by atoms with E-state index in [1.165, 1.54) is 45.4 Å². The molecule has 20 heavy (non-hydrogen) atoms. The number of rotatable bonds is 6. The second kappa shape index (κ2) is 8.32. The van der Waals surface area contributed by atoms with Crippen LogP contribution in [-0.4, -0.2) is 74.9 Å². The monoisotopic (exact) mass is 283 g/mol. The Morgan fingerprint density at radius 2 is 2.20 bits per heavy atom. The molecule has 0 amide bonds. The summed E-state index contributed by atoms with van der Waals surface area (Å²) in [6.45, 7) is 12.5. The largest absolute Gasteiger partial charge is 0.381 e. The Morgan fingerprint density at radius 3 is 2.90 bits per heavy atom. The van der Waals surface area contributed by atoms with E-state index >= 15 is 0 Å². The van der Waals surface area contributed by atoms with Gasteiger partial charge in [-0.1, -0.05) is 6.92 Å². The number of hydrogen-bond acceptors (Lipinski definition) is 4. The van der Waals surface area contributed by atoms with E-state index in [-0.39, 0.29) is 0 Å². The van der Waals surface area contributed by atoms with Crippen molar-refractivity contribution < 1.29 is 4.74 Å². The average Bonchev–Trinajstić information content (AvgIpc) is 2.90. The minimum Gasteiger partial charge on any atom is -0.381 e. The fourth-order valence-electron chi connectivity index (χ4n) is 3.53. The molecular formula is C16H33N3O. The highest BCUT2D eigenvalue weighted by molar-refractivity contribution is 4.85. The zero-order chi connectivity index (χ0) is 14.4. The number of ether oxygens (including phenoxy) is 1. The Bertz CT molecular complexity index is 268. The Kier molecular flexibility index (Phi) is 6.75. The van der Waals surface area contributed by atoms with Gasteiger partial charge in [-0.2, -0.15) is 0 Å². The second-order valence-electron chi connectivity index (χ2n) is 6.64. The first-order valence-electron chi connectivity index (χ1n) is 8.44. The molecule has 118 valence electrons. The van der Waals surface area contributed by atoms with Crippen molar-refractivity contribution in [3.8, 4) is 0 Å². The van der Waals surface area contributed by atoms with Gasteiger partial charge in [-0.05, 0) is 52.9 Å². The highest BCUT2D eigenvalue weighted by atomic mass is 16.5. The summed E-state index contributed by atoms with van der Waals surface area (Å²) in [4.78, 5) is 5.16. The van der Waals surface area contributed by atoms with Crippen LogP contribution in [0.5, 0.6) is 0 Å². The lowest BCUT2D eigenvalue weighted by Crippen LogP contribution is -2.49. The van der Waals surface area contributed by atoms with Crippen LogP contribution in [0, 0.1) is 5.92 Å². The molecule has 0 saturated carbocycles. The van der Waals surface area contributed by atoms with Crippen LogP contribution in [0.1, 0.15) is 33.1 Å². The van der Waals surface area contributed by atoms with Gasteiger partial charge in [0.2, 0.25) is 0 Å². The van der Waals surface area contributed by atoms with Crippen molar-refractivity contribution in [1.82, 2.24) is 15.1 Å². The Morgan fingerprint density at radius 1 is 1.35 bits per heavy atom. The van der Waals surface area contributed by atoms with Crippen LogP contribution in [0.4, 0.5) is 0 Å². The Balaban J connectivity index is 1.90. The van der Waals surface area contributed by atoms with Crippen molar-refractivity contribution in [2.75, 3.05) is 53.0 Å². The maximum Gasteiger partial charge on any atom is 0.0510 e. The first-order chi connectivity index (χ1) is 9.70. The van der Waals surface area contributed by atoms with E-state index in [9.17, 15) is 0 Å². The normalized spacial score (nSPS) is 31.4. The van der Waals surface area contributed by atoms with E-state index in [0.717, 1.165) is 19.8 Å². The number of hydrogen-bond donors (Lipinski definition) is 1. The summed E-state index contributed by atoms with van der Waals surface area (Å²) in [5.74, 6) is 0.703. The van der Waals surface area contributed by atoms with E-state index in [1.54, 1.807) is 0 Å². The van der Waals surface area contributed by atoms with Gasteiger partial charge in [-0.15, -0.1) is 0 Å². The van der Waals surface area contributed by atoms with E-state index in [4.69, 9.17) is 4.74 Å². The molecule has 0 bridgehead atoms. The van der Waals surface area contributed by atoms with Crippen LogP contribution in [0.15, 0.2) is 0 Å². The summed E-state index contributed by atoms with van der Waals surface area (Å²) in [5.41, 5.74) is 0. The summed E-state index contributed by atoms with van der Waals surface area (Å²) >= 11 is 0. The Labute approximate surface area is 124 Å². The summed E-state index contributed by atoms with van der Waals surface area (Å²) in [6, 6.07) is 1.26. The van der Waals surface area contributed by atoms with Crippen molar-refractivity contribution in [2.24, 2.45) is 5.92 Å². The van der Waals surface area contributed by atoms with Gasteiger partial charge in [-0.25, -0.2) is 0 Å². The summed E-state index contributed by atoms with van der Waals surface area (Å²) in [7, 11) is 2.25. The van der Waals surface area contributed by atoms with Gasteiger partial charge in [0.1, 0.15) is 0 Å². The van der Waals surface area contributed by atoms with Crippen molar-refractivity contribution in [1.29, 1.82) is 0 Å². The van der Waals surface area contributed by atoms with Crippen LogP contribution < -0.4 is 5.32 Å². The third-order valence-electron chi connectivity index (χ3n) is 4.81. The topological polar surface area (TPSA) is 27.7 Å². The smallest absolute Gasteiger partial charge is 0.0510 e. The minimum absolute atomic E-state index is 0.600. The van der Waals surface area contributed by atoms with Gasteiger partial charge in [0.05, 0.1) is 6.61 Å².